The number of likely N-dealkylation sites (tertiary alicyclic amines) is 1. The maximum absolute atomic E-state index is 13.6. The minimum absolute atomic E-state index is 0.0916. The van der Waals surface area contributed by atoms with Gasteiger partial charge in [-0.25, -0.2) is 4.98 Å². The number of amides is 1. The summed E-state index contributed by atoms with van der Waals surface area (Å²) in [6.07, 6.45) is 1.15. The molecule has 2 aromatic heterocycles. The second-order valence-corrected chi connectivity index (χ2v) is 10.9. The molecule has 4 rings (SSSR count). The molecule has 1 saturated heterocycles. The first-order valence-electron chi connectivity index (χ1n) is 11.1. The number of fused-ring (bicyclic) bond motifs is 1. The van der Waals surface area contributed by atoms with Crippen LogP contribution in [0.25, 0.3) is 21.3 Å². The highest BCUT2D eigenvalue weighted by Crippen LogP contribution is 2.36. The van der Waals surface area contributed by atoms with Crippen molar-refractivity contribution in [2.45, 2.75) is 32.0 Å². The number of piperidine rings is 1. The molecule has 1 aliphatic heterocycles. The Morgan fingerprint density at radius 2 is 1.97 bits per heavy atom. The second kappa shape index (κ2) is 10.6. The van der Waals surface area contributed by atoms with Crippen molar-refractivity contribution in [2.75, 3.05) is 32.6 Å². The van der Waals surface area contributed by atoms with Gasteiger partial charge in [0.2, 0.25) is 5.91 Å². The number of aromatic nitrogens is 2. The summed E-state index contributed by atoms with van der Waals surface area (Å²) in [6, 6.07) is 7.49. The average molecular weight is 506 g/mol. The molecule has 3 heterocycles. The van der Waals surface area contributed by atoms with Crippen LogP contribution in [0.4, 0.5) is 0 Å². The van der Waals surface area contributed by atoms with E-state index in [0.717, 1.165) is 30.6 Å². The quantitative estimate of drug-likeness (QED) is 0.333. The van der Waals surface area contributed by atoms with Crippen LogP contribution in [0.3, 0.4) is 0 Å². The fourth-order valence-electron chi connectivity index (χ4n) is 4.46. The van der Waals surface area contributed by atoms with Gasteiger partial charge in [0, 0.05) is 41.7 Å². The highest BCUT2D eigenvalue weighted by Gasteiger charge is 2.26. The van der Waals surface area contributed by atoms with Crippen LogP contribution in [0.5, 0.6) is 0 Å². The van der Waals surface area contributed by atoms with Crippen molar-refractivity contribution in [1.82, 2.24) is 14.5 Å². The van der Waals surface area contributed by atoms with Gasteiger partial charge in [0.05, 0.1) is 24.3 Å². The number of benzene rings is 1. The molecule has 1 aromatic carbocycles. The topological polar surface area (TPSA) is 64.4 Å². The molecule has 3 aromatic rings. The molecule has 0 spiro atoms. The van der Waals surface area contributed by atoms with Crippen LogP contribution in [-0.4, -0.2) is 52.9 Å². The van der Waals surface area contributed by atoms with Crippen LogP contribution in [0.2, 0.25) is 5.02 Å². The van der Waals surface area contributed by atoms with E-state index in [-0.39, 0.29) is 17.2 Å². The fraction of sp³-hybridized carbons (Fsp3) is 0.458. The lowest BCUT2D eigenvalue weighted by Gasteiger charge is -2.35. The molecule has 176 valence electrons. The summed E-state index contributed by atoms with van der Waals surface area (Å²) >= 11 is 9.15. The second-order valence-electron chi connectivity index (χ2n) is 8.69. The van der Waals surface area contributed by atoms with Gasteiger partial charge in [0.1, 0.15) is 4.83 Å². The SMILES string of the molecule is COCCn1c(SCC(=O)N2C[C@H](C)C[C@H](C)C2)nc2scc(-c3ccccc3Cl)c2c1=O. The van der Waals surface area contributed by atoms with Gasteiger partial charge in [-0.2, -0.15) is 0 Å². The number of thiophene rings is 1. The van der Waals surface area contributed by atoms with E-state index < -0.39 is 0 Å². The van der Waals surface area contributed by atoms with E-state index in [0.29, 0.717) is 45.4 Å². The Morgan fingerprint density at radius 3 is 2.67 bits per heavy atom. The zero-order chi connectivity index (χ0) is 23.5. The molecule has 0 radical (unpaired) electrons. The summed E-state index contributed by atoms with van der Waals surface area (Å²) in [4.78, 5) is 33.9. The van der Waals surface area contributed by atoms with E-state index in [1.165, 1.54) is 23.1 Å². The number of methoxy groups -OCH3 is 1. The van der Waals surface area contributed by atoms with Gasteiger partial charge in [-0.05, 0) is 24.3 Å². The van der Waals surface area contributed by atoms with E-state index >= 15 is 0 Å². The number of rotatable bonds is 7. The fourth-order valence-corrected chi connectivity index (χ4v) is 6.60. The number of carbonyl (C=O) groups excluding carboxylic acids is 1. The van der Waals surface area contributed by atoms with Crippen LogP contribution in [0.15, 0.2) is 39.6 Å². The third-order valence-electron chi connectivity index (χ3n) is 5.89. The number of thioether (sulfide) groups is 1. The van der Waals surface area contributed by atoms with Gasteiger partial charge in [0.25, 0.3) is 5.56 Å². The van der Waals surface area contributed by atoms with Crippen LogP contribution in [0, 0.1) is 11.8 Å². The number of halogens is 1. The molecule has 2 atom stereocenters. The van der Waals surface area contributed by atoms with E-state index in [1.54, 1.807) is 11.7 Å². The van der Waals surface area contributed by atoms with E-state index in [4.69, 9.17) is 21.3 Å². The predicted molar refractivity (Wildman–Crippen MR) is 136 cm³/mol. The summed E-state index contributed by atoms with van der Waals surface area (Å²) in [5.74, 6) is 1.36. The number of ether oxygens (including phenoxy) is 1. The zero-order valence-corrected chi connectivity index (χ0v) is 21.4. The molecule has 6 nitrogen and oxygen atoms in total. The van der Waals surface area contributed by atoms with Gasteiger partial charge in [-0.3, -0.25) is 14.2 Å². The smallest absolute Gasteiger partial charge is 0.263 e. The van der Waals surface area contributed by atoms with Crippen molar-refractivity contribution in [3.8, 4) is 11.1 Å². The maximum Gasteiger partial charge on any atom is 0.263 e. The standard InChI is InChI=1S/C24H28ClN3O3S2/c1-15-10-16(2)12-27(11-15)20(29)14-33-24-26-22-21(23(30)28(24)8-9-31-3)18(13-32-22)17-6-4-5-7-19(17)25/h4-7,13,15-16H,8-12,14H2,1-3H3/t15-,16+. The molecule has 1 amide bonds. The van der Waals surface area contributed by atoms with Crippen molar-refractivity contribution in [3.63, 3.8) is 0 Å². The normalized spacial score (nSPS) is 18.7. The van der Waals surface area contributed by atoms with Gasteiger partial charge in [0.15, 0.2) is 5.16 Å². The number of carbonyl (C=O) groups is 1. The summed E-state index contributed by atoms with van der Waals surface area (Å²) in [7, 11) is 1.60. The number of hydrogen-bond donors (Lipinski definition) is 0. The molecule has 1 fully saturated rings. The summed E-state index contributed by atoms with van der Waals surface area (Å²) < 4.78 is 6.86. The lowest BCUT2D eigenvalue weighted by Crippen LogP contribution is -2.43. The Labute approximate surface area is 206 Å². The predicted octanol–water partition coefficient (Wildman–Crippen LogP) is 5.02. The average Bonchev–Trinajstić information content (AvgIpc) is 3.20. The lowest BCUT2D eigenvalue weighted by molar-refractivity contribution is -0.130. The van der Waals surface area contributed by atoms with E-state index in [9.17, 15) is 9.59 Å². The lowest BCUT2D eigenvalue weighted by atomic mass is 9.92. The largest absolute Gasteiger partial charge is 0.383 e. The first-order chi connectivity index (χ1) is 15.9. The minimum atomic E-state index is -0.136. The maximum atomic E-state index is 13.6. The van der Waals surface area contributed by atoms with E-state index in [1.807, 2.05) is 34.5 Å². The molecule has 0 saturated carbocycles. The molecule has 0 N–H and O–H groups in total. The van der Waals surface area contributed by atoms with Gasteiger partial charge in [-0.1, -0.05) is 55.4 Å². The van der Waals surface area contributed by atoms with Crippen LogP contribution in [0.1, 0.15) is 20.3 Å². The summed E-state index contributed by atoms with van der Waals surface area (Å²) in [5, 5.41) is 3.62. The van der Waals surface area contributed by atoms with Gasteiger partial charge < -0.3 is 9.64 Å². The number of hydrogen-bond acceptors (Lipinski definition) is 6. The Hall–Kier alpha value is -1.87. The molecule has 33 heavy (non-hydrogen) atoms. The van der Waals surface area contributed by atoms with Gasteiger partial charge >= 0.3 is 0 Å². The third kappa shape index (κ3) is 5.29. The van der Waals surface area contributed by atoms with Crippen molar-refractivity contribution >= 4 is 50.8 Å². The summed E-state index contributed by atoms with van der Waals surface area (Å²) in [6.45, 7) is 6.70. The Kier molecular flexibility index (Phi) is 7.79. The molecule has 0 aliphatic carbocycles. The Bertz CT molecular complexity index is 1200. The minimum Gasteiger partial charge on any atom is -0.383 e. The van der Waals surface area contributed by atoms with Gasteiger partial charge in [-0.15, -0.1) is 11.3 Å². The molecular weight excluding hydrogens is 478 g/mol. The first kappa shape index (κ1) is 24.3. The van der Waals surface area contributed by atoms with Crippen molar-refractivity contribution in [3.05, 3.63) is 45.0 Å². The highest BCUT2D eigenvalue weighted by atomic mass is 35.5. The van der Waals surface area contributed by atoms with Crippen molar-refractivity contribution in [1.29, 1.82) is 0 Å². The molecular formula is C24H28ClN3O3S2. The van der Waals surface area contributed by atoms with Crippen LogP contribution in [-0.2, 0) is 16.1 Å². The highest BCUT2D eigenvalue weighted by molar-refractivity contribution is 7.99. The van der Waals surface area contributed by atoms with Crippen LogP contribution >= 0.6 is 34.7 Å². The monoisotopic (exact) mass is 505 g/mol. The molecule has 0 unspecified atom stereocenters. The molecule has 1 aliphatic rings. The molecule has 9 heteroatoms. The van der Waals surface area contributed by atoms with Crippen molar-refractivity contribution in [2.24, 2.45) is 11.8 Å². The molecule has 0 bridgehead atoms. The van der Waals surface area contributed by atoms with Crippen molar-refractivity contribution < 1.29 is 9.53 Å². The first-order valence-corrected chi connectivity index (χ1v) is 13.3. The third-order valence-corrected chi connectivity index (χ3v) is 8.05. The van der Waals surface area contributed by atoms with Crippen LogP contribution < -0.4 is 5.56 Å². The summed E-state index contributed by atoms with van der Waals surface area (Å²) in [5.41, 5.74) is 1.46. The Balaban J connectivity index is 1.66. The van der Waals surface area contributed by atoms with E-state index in [2.05, 4.69) is 13.8 Å². The zero-order valence-electron chi connectivity index (χ0n) is 19.0. The Morgan fingerprint density at radius 1 is 1.24 bits per heavy atom. The number of nitrogens with zero attached hydrogens (tertiary/aromatic N) is 3.